The molecule has 2 N–H and O–H groups in total. The van der Waals surface area contributed by atoms with Crippen molar-refractivity contribution in [1.29, 1.82) is 0 Å². The van der Waals surface area contributed by atoms with Gasteiger partial charge in [-0.25, -0.2) is 21.9 Å². The highest BCUT2D eigenvalue weighted by atomic mass is 32.2. The molecule has 0 aromatic heterocycles. The second-order valence-electron chi connectivity index (χ2n) is 5.43. The van der Waals surface area contributed by atoms with Crippen molar-refractivity contribution in [3.05, 3.63) is 29.8 Å². The molecule has 1 saturated carbocycles. The standard InChI is InChI=1S/C13H17F2NO3S/c1-13(8-17)7-3-6-11(13)16-20(18,19)10-5-2-4-9(14)12(10)15/h2,4-5,11,16-17H,3,6-8H2,1H3. The number of nitrogens with one attached hydrogen (secondary N) is 1. The van der Waals surface area contributed by atoms with E-state index in [-0.39, 0.29) is 6.61 Å². The number of rotatable bonds is 4. The Bertz CT molecular complexity index is 606. The van der Waals surface area contributed by atoms with Gasteiger partial charge in [0.1, 0.15) is 4.90 Å². The summed E-state index contributed by atoms with van der Waals surface area (Å²) in [6, 6.07) is 2.54. The van der Waals surface area contributed by atoms with Gasteiger partial charge in [-0.15, -0.1) is 0 Å². The molecule has 1 aliphatic carbocycles. The molecule has 0 saturated heterocycles. The second-order valence-corrected chi connectivity index (χ2v) is 7.11. The Morgan fingerprint density at radius 1 is 1.45 bits per heavy atom. The molecule has 0 spiro atoms. The molecular formula is C13H17F2NO3S. The highest BCUT2D eigenvalue weighted by Crippen LogP contribution is 2.38. The number of hydrogen-bond acceptors (Lipinski definition) is 3. The van der Waals surface area contributed by atoms with E-state index in [9.17, 15) is 22.3 Å². The smallest absolute Gasteiger partial charge is 0.243 e. The molecule has 4 nitrogen and oxygen atoms in total. The average molecular weight is 305 g/mol. The Balaban J connectivity index is 2.30. The van der Waals surface area contributed by atoms with E-state index in [1.54, 1.807) is 6.92 Å². The summed E-state index contributed by atoms with van der Waals surface area (Å²) in [5.41, 5.74) is -0.573. The third kappa shape index (κ3) is 2.70. The van der Waals surface area contributed by atoms with Gasteiger partial charge < -0.3 is 5.11 Å². The maximum absolute atomic E-state index is 13.6. The molecule has 20 heavy (non-hydrogen) atoms. The number of hydrogen-bond donors (Lipinski definition) is 2. The largest absolute Gasteiger partial charge is 0.396 e. The molecule has 1 fully saturated rings. The van der Waals surface area contributed by atoms with Gasteiger partial charge in [-0.2, -0.15) is 0 Å². The first-order valence-electron chi connectivity index (χ1n) is 6.37. The molecule has 0 amide bonds. The number of aliphatic hydroxyl groups is 1. The monoisotopic (exact) mass is 305 g/mol. The summed E-state index contributed by atoms with van der Waals surface area (Å²) < 4.78 is 53.5. The van der Waals surface area contributed by atoms with Gasteiger partial charge in [-0.05, 0) is 25.0 Å². The summed E-state index contributed by atoms with van der Waals surface area (Å²) in [5.74, 6) is -2.59. The zero-order valence-corrected chi connectivity index (χ0v) is 11.9. The molecule has 0 heterocycles. The van der Waals surface area contributed by atoms with Crippen LogP contribution in [-0.2, 0) is 10.0 Å². The lowest BCUT2D eigenvalue weighted by Gasteiger charge is -2.29. The minimum atomic E-state index is -4.15. The van der Waals surface area contributed by atoms with Crippen molar-refractivity contribution >= 4 is 10.0 Å². The molecule has 1 aromatic carbocycles. The van der Waals surface area contributed by atoms with Crippen molar-refractivity contribution in [3.8, 4) is 0 Å². The van der Waals surface area contributed by atoms with Gasteiger partial charge in [0.05, 0.1) is 0 Å². The van der Waals surface area contributed by atoms with Gasteiger partial charge in [-0.1, -0.05) is 19.4 Å². The minimum absolute atomic E-state index is 0.161. The van der Waals surface area contributed by atoms with E-state index in [4.69, 9.17) is 0 Å². The summed E-state index contributed by atoms with van der Waals surface area (Å²) in [6.07, 6.45) is 2.02. The lowest BCUT2D eigenvalue weighted by Crippen LogP contribution is -2.44. The molecule has 0 aliphatic heterocycles. The van der Waals surface area contributed by atoms with Crippen LogP contribution in [0.1, 0.15) is 26.2 Å². The minimum Gasteiger partial charge on any atom is -0.396 e. The third-order valence-corrected chi connectivity index (χ3v) is 5.44. The Morgan fingerprint density at radius 3 is 2.80 bits per heavy atom. The number of benzene rings is 1. The summed E-state index contributed by atoms with van der Waals surface area (Å²) in [4.78, 5) is -0.704. The first-order valence-corrected chi connectivity index (χ1v) is 7.86. The summed E-state index contributed by atoms with van der Waals surface area (Å²) in [7, 11) is -4.15. The van der Waals surface area contributed by atoms with Crippen molar-refractivity contribution in [2.45, 2.75) is 37.1 Å². The highest BCUT2D eigenvalue weighted by Gasteiger charge is 2.41. The maximum Gasteiger partial charge on any atom is 0.243 e. The highest BCUT2D eigenvalue weighted by molar-refractivity contribution is 7.89. The van der Waals surface area contributed by atoms with E-state index in [1.165, 1.54) is 0 Å². The second kappa shape index (κ2) is 5.38. The Labute approximate surface area is 116 Å². The quantitative estimate of drug-likeness (QED) is 0.891. The van der Waals surface area contributed by atoms with Crippen LogP contribution in [0.5, 0.6) is 0 Å². The SMILES string of the molecule is CC1(CO)CCCC1NS(=O)(=O)c1cccc(F)c1F. The van der Waals surface area contributed by atoms with Crippen LogP contribution in [0.3, 0.4) is 0 Å². The molecule has 0 radical (unpaired) electrons. The fraction of sp³-hybridized carbons (Fsp3) is 0.538. The Morgan fingerprint density at radius 2 is 2.15 bits per heavy atom. The lowest BCUT2D eigenvalue weighted by atomic mass is 9.86. The average Bonchev–Trinajstić information content (AvgIpc) is 2.74. The molecule has 7 heteroatoms. The van der Waals surface area contributed by atoms with E-state index in [0.29, 0.717) is 12.8 Å². The van der Waals surface area contributed by atoms with Crippen LogP contribution in [0.2, 0.25) is 0 Å². The number of halogens is 2. The van der Waals surface area contributed by atoms with Crippen molar-refractivity contribution in [1.82, 2.24) is 4.72 Å². The summed E-state index contributed by atoms with van der Waals surface area (Å²) >= 11 is 0. The molecule has 1 aliphatic rings. The van der Waals surface area contributed by atoms with Crippen molar-refractivity contribution < 1.29 is 22.3 Å². The normalized spacial score (nSPS) is 26.9. The molecule has 1 aromatic rings. The first kappa shape index (κ1) is 15.3. The predicted octanol–water partition coefficient (Wildman–Crippen LogP) is 1.79. The van der Waals surface area contributed by atoms with Crippen LogP contribution in [0.25, 0.3) is 0 Å². The van der Waals surface area contributed by atoms with Crippen molar-refractivity contribution in [3.63, 3.8) is 0 Å². The van der Waals surface area contributed by atoms with Gasteiger partial charge in [0, 0.05) is 18.1 Å². The van der Waals surface area contributed by atoms with Crippen LogP contribution in [0.15, 0.2) is 23.1 Å². The van der Waals surface area contributed by atoms with E-state index in [2.05, 4.69) is 4.72 Å². The summed E-state index contributed by atoms with van der Waals surface area (Å²) in [5, 5.41) is 9.39. The number of sulfonamides is 1. The van der Waals surface area contributed by atoms with E-state index in [0.717, 1.165) is 24.6 Å². The topological polar surface area (TPSA) is 66.4 Å². The molecule has 0 bridgehead atoms. The predicted molar refractivity (Wildman–Crippen MR) is 69.5 cm³/mol. The molecule has 2 unspecified atom stereocenters. The van der Waals surface area contributed by atoms with E-state index < -0.39 is 38.0 Å². The van der Waals surface area contributed by atoms with E-state index in [1.807, 2.05) is 0 Å². The zero-order valence-electron chi connectivity index (χ0n) is 11.1. The molecule has 112 valence electrons. The fourth-order valence-electron chi connectivity index (χ4n) is 2.57. The molecule has 2 rings (SSSR count). The van der Waals surface area contributed by atoms with Gasteiger partial charge in [0.2, 0.25) is 10.0 Å². The number of aliphatic hydroxyl groups excluding tert-OH is 1. The van der Waals surface area contributed by atoms with Crippen LogP contribution >= 0.6 is 0 Å². The maximum atomic E-state index is 13.6. The van der Waals surface area contributed by atoms with Gasteiger partial charge in [-0.3, -0.25) is 0 Å². The van der Waals surface area contributed by atoms with Crippen LogP contribution in [0.4, 0.5) is 8.78 Å². The van der Waals surface area contributed by atoms with Gasteiger partial charge >= 0.3 is 0 Å². The summed E-state index contributed by atoms with van der Waals surface area (Å²) in [6.45, 7) is 1.61. The van der Waals surface area contributed by atoms with Crippen LogP contribution in [0, 0.1) is 17.0 Å². The third-order valence-electron chi connectivity index (χ3n) is 3.95. The fourth-order valence-corrected chi connectivity index (χ4v) is 4.06. The lowest BCUT2D eigenvalue weighted by molar-refractivity contribution is 0.127. The molecule has 2 atom stereocenters. The van der Waals surface area contributed by atoms with Crippen molar-refractivity contribution in [2.24, 2.45) is 5.41 Å². The van der Waals surface area contributed by atoms with Crippen LogP contribution < -0.4 is 4.72 Å². The van der Waals surface area contributed by atoms with Crippen LogP contribution in [-0.4, -0.2) is 26.2 Å². The first-order chi connectivity index (χ1) is 9.30. The Hall–Kier alpha value is -1.05. The van der Waals surface area contributed by atoms with Crippen molar-refractivity contribution in [2.75, 3.05) is 6.61 Å². The molecular weight excluding hydrogens is 288 g/mol. The van der Waals surface area contributed by atoms with Gasteiger partial charge in [0.15, 0.2) is 11.6 Å². The van der Waals surface area contributed by atoms with Gasteiger partial charge in [0.25, 0.3) is 0 Å². The zero-order chi connectivity index (χ0) is 15.0. The van der Waals surface area contributed by atoms with E-state index >= 15 is 0 Å². The Kier molecular flexibility index (Phi) is 4.13.